The summed E-state index contributed by atoms with van der Waals surface area (Å²) in [6, 6.07) is 4.28. The average Bonchev–Trinajstić information content (AvgIpc) is 3.06. The molecule has 0 saturated carbocycles. The fourth-order valence-electron chi connectivity index (χ4n) is 4.09. The van der Waals surface area contributed by atoms with Crippen LogP contribution >= 0.6 is 0 Å². The highest BCUT2D eigenvalue weighted by Crippen LogP contribution is 2.29. The Morgan fingerprint density at radius 2 is 1.93 bits per heavy atom. The topological polar surface area (TPSA) is 113 Å². The highest BCUT2D eigenvalue weighted by Gasteiger charge is 2.44. The Morgan fingerprint density at radius 3 is 2.59 bits per heavy atom. The van der Waals surface area contributed by atoms with Gasteiger partial charge in [0.2, 0.25) is 11.8 Å². The number of fused-ring (bicyclic) bond motifs is 1. The van der Waals surface area contributed by atoms with E-state index in [2.05, 4.69) is 10.2 Å². The molecule has 2 fully saturated rings. The van der Waals surface area contributed by atoms with Gasteiger partial charge < -0.3 is 5.73 Å². The van der Waals surface area contributed by atoms with Crippen molar-refractivity contribution in [2.75, 3.05) is 13.1 Å². The van der Waals surface area contributed by atoms with Crippen molar-refractivity contribution in [3.05, 3.63) is 34.9 Å². The minimum Gasteiger partial charge on any atom is -0.324 e. The Hall–Kier alpha value is -2.58. The van der Waals surface area contributed by atoms with Crippen molar-refractivity contribution in [3.8, 4) is 0 Å². The van der Waals surface area contributed by atoms with E-state index in [4.69, 9.17) is 5.73 Å². The lowest BCUT2D eigenvalue weighted by molar-refractivity contribution is -0.136. The van der Waals surface area contributed by atoms with Gasteiger partial charge in [0.15, 0.2) is 0 Å². The van der Waals surface area contributed by atoms with E-state index >= 15 is 0 Å². The molecule has 1 unspecified atom stereocenters. The van der Waals surface area contributed by atoms with Gasteiger partial charge in [-0.05, 0) is 37.5 Å². The summed E-state index contributed by atoms with van der Waals surface area (Å²) in [5.74, 6) is -1.93. The molecule has 0 spiro atoms. The zero-order valence-electron chi connectivity index (χ0n) is 15.2. The molecule has 3 heterocycles. The van der Waals surface area contributed by atoms with Crippen LogP contribution in [-0.2, 0) is 16.1 Å². The third kappa shape index (κ3) is 3.15. The van der Waals surface area contributed by atoms with Gasteiger partial charge in [0.25, 0.3) is 11.8 Å². The summed E-state index contributed by atoms with van der Waals surface area (Å²) in [5.41, 5.74) is 7.51. The maximum Gasteiger partial charge on any atom is 0.262 e. The summed E-state index contributed by atoms with van der Waals surface area (Å²) in [5, 5.41) is 2.20. The summed E-state index contributed by atoms with van der Waals surface area (Å²) in [6.45, 7) is 4.34. The molecule has 0 radical (unpaired) electrons. The van der Waals surface area contributed by atoms with Gasteiger partial charge >= 0.3 is 0 Å². The Balaban J connectivity index is 1.55. The number of likely N-dealkylation sites (tertiary alicyclic amines) is 1. The fraction of sp³-hybridized carbons (Fsp3) is 0.474. The largest absolute Gasteiger partial charge is 0.324 e. The Morgan fingerprint density at radius 1 is 1.19 bits per heavy atom. The van der Waals surface area contributed by atoms with Crippen LogP contribution in [0.15, 0.2) is 18.2 Å². The van der Waals surface area contributed by atoms with Crippen LogP contribution in [0.5, 0.6) is 0 Å². The predicted octanol–water partition coefficient (Wildman–Crippen LogP) is 0.0109. The third-order valence-electron chi connectivity index (χ3n) is 5.49. The first kappa shape index (κ1) is 17.8. The van der Waals surface area contributed by atoms with Crippen LogP contribution in [0.2, 0.25) is 0 Å². The van der Waals surface area contributed by atoms with Gasteiger partial charge in [-0.1, -0.05) is 6.07 Å². The van der Waals surface area contributed by atoms with Crippen molar-refractivity contribution >= 4 is 23.6 Å². The summed E-state index contributed by atoms with van der Waals surface area (Å²) in [4.78, 5) is 52.2. The van der Waals surface area contributed by atoms with Crippen molar-refractivity contribution < 1.29 is 19.2 Å². The van der Waals surface area contributed by atoms with Crippen molar-refractivity contribution in [2.24, 2.45) is 5.73 Å². The molecule has 0 bridgehead atoms. The van der Waals surface area contributed by atoms with Crippen LogP contribution in [0, 0.1) is 0 Å². The molecule has 3 N–H and O–H groups in total. The van der Waals surface area contributed by atoms with Gasteiger partial charge in [-0.15, -0.1) is 0 Å². The van der Waals surface area contributed by atoms with E-state index in [1.165, 1.54) is 0 Å². The molecular formula is C19H22N4O4. The van der Waals surface area contributed by atoms with Crippen LogP contribution < -0.4 is 11.1 Å². The smallest absolute Gasteiger partial charge is 0.262 e. The first-order valence-corrected chi connectivity index (χ1v) is 9.11. The van der Waals surface area contributed by atoms with Crippen LogP contribution in [0.3, 0.4) is 0 Å². The Labute approximate surface area is 156 Å². The molecule has 2 saturated heterocycles. The molecular weight excluding hydrogens is 348 g/mol. The highest BCUT2D eigenvalue weighted by molar-refractivity contribution is 6.23. The van der Waals surface area contributed by atoms with Crippen LogP contribution in [0.1, 0.15) is 52.5 Å². The second-order valence-electron chi connectivity index (χ2n) is 7.94. The van der Waals surface area contributed by atoms with E-state index < -0.39 is 23.8 Å². The molecule has 1 aromatic carbocycles. The number of piperidine rings is 1. The summed E-state index contributed by atoms with van der Waals surface area (Å²) in [6.07, 6.45) is 1.19. The van der Waals surface area contributed by atoms with E-state index in [-0.39, 0.29) is 24.3 Å². The number of hydrogen-bond donors (Lipinski definition) is 2. The standard InChI is InChI=1S/C19H22N4O4/c1-19(20)6-7-22(10-19)9-11-2-3-12-13(8-11)18(27)23(17(12)26)14-4-5-15(24)21-16(14)25/h2-3,8,14H,4-7,9-10,20H2,1H3,(H,21,24,25)/t14?,19-/m0/s1. The van der Waals surface area contributed by atoms with E-state index in [9.17, 15) is 19.2 Å². The molecule has 27 heavy (non-hydrogen) atoms. The number of nitrogens with one attached hydrogen (secondary N) is 1. The number of nitrogens with zero attached hydrogens (tertiary/aromatic N) is 2. The average molecular weight is 370 g/mol. The molecule has 1 aromatic rings. The van der Waals surface area contributed by atoms with E-state index in [1.807, 2.05) is 13.0 Å². The van der Waals surface area contributed by atoms with Gasteiger partial charge in [0.1, 0.15) is 6.04 Å². The molecule has 0 aromatic heterocycles. The van der Waals surface area contributed by atoms with Crippen LogP contribution in [0.4, 0.5) is 0 Å². The zero-order valence-corrected chi connectivity index (χ0v) is 15.2. The summed E-state index contributed by atoms with van der Waals surface area (Å²) in [7, 11) is 0. The molecule has 3 aliphatic heterocycles. The summed E-state index contributed by atoms with van der Waals surface area (Å²) >= 11 is 0. The maximum atomic E-state index is 12.8. The third-order valence-corrected chi connectivity index (χ3v) is 5.49. The molecule has 4 rings (SSSR count). The van der Waals surface area contributed by atoms with E-state index in [0.717, 1.165) is 30.0 Å². The van der Waals surface area contributed by atoms with Gasteiger partial charge in [0, 0.05) is 31.6 Å². The number of rotatable bonds is 3. The quantitative estimate of drug-likeness (QED) is 0.725. The first-order valence-electron chi connectivity index (χ1n) is 9.11. The molecule has 3 aliphatic rings. The lowest BCUT2D eigenvalue weighted by atomic mass is 10.0. The monoisotopic (exact) mass is 370 g/mol. The van der Waals surface area contributed by atoms with Crippen LogP contribution in [-0.4, -0.2) is 58.1 Å². The lowest BCUT2D eigenvalue weighted by Crippen LogP contribution is -2.54. The van der Waals surface area contributed by atoms with Gasteiger partial charge in [-0.25, -0.2) is 0 Å². The second kappa shape index (κ2) is 6.24. The van der Waals surface area contributed by atoms with E-state index in [1.54, 1.807) is 12.1 Å². The summed E-state index contributed by atoms with van der Waals surface area (Å²) < 4.78 is 0. The number of amides is 4. The molecule has 8 nitrogen and oxygen atoms in total. The number of benzene rings is 1. The molecule has 2 atom stereocenters. The number of carbonyl (C=O) groups is 4. The zero-order chi connectivity index (χ0) is 19.3. The normalized spacial score (nSPS) is 28.7. The fourth-order valence-corrected chi connectivity index (χ4v) is 4.09. The molecule has 8 heteroatoms. The van der Waals surface area contributed by atoms with Crippen molar-refractivity contribution in [1.82, 2.24) is 15.1 Å². The molecule has 142 valence electrons. The number of imide groups is 2. The second-order valence-corrected chi connectivity index (χ2v) is 7.94. The number of nitrogens with two attached hydrogens (primary N) is 1. The van der Waals surface area contributed by atoms with Crippen molar-refractivity contribution in [2.45, 2.75) is 44.3 Å². The SMILES string of the molecule is C[C@]1(N)CCN(Cc2ccc3c(c2)C(=O)N(C2CCC(=O)NC2=O)C3=O)C1. The first-order chi connectivity index (χ1) is 12.7. The molecule has 4 amide bonds. The van der Waals surface area contributed by atoms with Crippen molar-refractivity contribution in [1.29, 1.82) is 0 Å². The Bertz CT molecular complexity index is 863. The van der Waals surface area contributed by atoms with E-state index in [0.29, 0.717) is 17.7 Å². The highest BCUT2D eigenvalue weighted by atomic mass is 16.2. The van der Waals surface area contributed by atoms with Crippen molar-refractivity contribution in [3.63, 3.8) is 0 Å². The lowest BCUT2D eigenvalue weighted by Gasteiger charge is -2.27. The minimum absolute atomic E-state index is 0.113. The Kier molecular flexibility index (Phi) is 4.12. The predicted molar refractivity (Wildman–Crippen MR) is 95.6 cm³/mol. The number of hydrogen-bond acceptors (Lipinski definition) is 6. The van der Waals surface area contributed by atoms with Crippen LogP contribution in [0.25, 0.3) is 0 Å². The van der Waals surface area contributed by atoms with Gasteiger partial charge in [-0.2, -0.15) is 0 Å². The number of carbonyl (C=O) groups excluding carboxylic acids is 4. The maximum absolute atomic E-state index is 12.8. The minimum atomic E-state index is -0.935. The molecule has 0 aliphatic carbocycles. The van der Waals surface area contributed by atoms with Gasteiger partial charge in [0.05, 0.1) is 11.1 Å². The van der Waals surface area contributed by atoms with Gasteiger partial charge in [-0.3, -0.25) is 34.3 Å².